The van der Waals surface area contributed by atoms with Gasteiger partial charge in [0.05, 0.1) is 11.4 Å². The van der Waals surface area contributed by atoms with Crippen LogP contribution >= 0.6 is 0 Å². The van der Waals surface area contributed by atoms with Crippen LogP contribution in [0.5, 0.6) is 5.75 Å². The van der Waals surface area contributed by atoms with Gasteiger partial charge in [-0.05, 0) is 49.6 Å². The molecule has 0 spiro atoms. The van der Waals surface area contributed by atoms with Crippen molar-refractivity contribution in [3.05, 3.63) is 54.1 Å². The number of para-hydroxylation sites is 2. The lowest BCUT2D eigenvalue weighted by molar-refractivity contribution is -0.119. The highest BCUT2D eigenvalue weighted by Gasteiger charge is 2.16. The van der Waals surface area contributed by atoms with E-state index >= 15 is 0 Å². The molecular formula is C20H23N3O3. The summed E-state index contributed by atoms with van der Waals surface area (Å²) in [4.78, 5) is 25.8. The number of nitrogens with one attached hydrogen (secondary N) is 1. The third kappa shape index (κ3) is 4.53. The lowest BCUT2D eigenvalue weighted by Gasteiger charge is -2.30. The van der Waals surface area contributed by atoms with Crippen LogP contribution in [-0.4, -0.2) is 31.5 Å². The fourth-order valence-electron chi connectivity index (χ4n) is 3.07. The maximum atomic E-state index is 12.7. The van der Waals surface area contributed by atoms with Crippen LogP contribution in [-0.2, 0) is 4.79 Å². The van der Waals surface area contributed by atoms with Gasteiger partial charge in [0.25, 0.3) is 11.8 Å². The van der Waals surface area contributed by atoms with Crippen LogP contribution in [0.1, 0.15) is 29.6 Å². The van der Waals surface area contributed by atoms with Crippen LogP contribution in [0.3, 0.4) is 0 Å². The Hall–Kier alpha value is -3.02. The van der Waals surface area contributed by atoms with Crippen molar-refractivity contribution in [2.75, 3.05) is 29.9 Å². The number of nitrogens with two attached hydrogens (primary N) is 1. The number of carbonyl (C=O) groups excluding carboxylic acids is 2. The van der Waals surface area contributed by atoms with Gasteiger partial charge in [0.15, 0.2) is 6.61 Å². The minimum Gasteiger partial charge on any atom is -0.484 e. The number of hydrogen-bond donors (Lipinski definition) is 2. The van der Waals surface area contributed by atoms with Gasteiger partial charge < -0.3 is 20.7 Å². The maximum Gasteiger partial charge on any atom is 0.255 e. The fourth-order valence-corrected chi connectivity index (χ4v) is 3.07. The Bertz CT molecular complexity index is 785. The van der Waals surface area contributed by atoms with Gasteiger partial charge in [-0.3, -0.25) is 9.59 Å². The second kappa shape index (κ2) is 8.38. The van der Waals surface area contributed by atoms with Crippen molar-refractivity contribution >= 4 is 23.2 Å². The van der Waals surface area contributed by atoms with E-state index in [9.17, 15) is 9.59 Å². The fraction of sp³-hybridized carbons (Fsp3) is 0.300. The average molecular weight is 353 g/mol. The maximum absolute atomic E-state index is 12.7. The van der Waals surface area contributed by atoms with Gasteiger partial charge in [0.1, 0.15) is 5.75 Å². The first kappa shape index (κ1) is 17.8. The third-order valence-corrected chi connectivity index (χ3v) is 4.33. The highest BCUT2D eigenvalue weighted by atomic mass is 16.5. The third-order valence-electron chi connectivity index (χ3n) is 4.33. The van der Waals surface area contributed by atoms with Crippen molar-refractivity contribution in [2.45, 2.75) is 19.3 Å². The number of carbonyl (C=O) groups is 2. The minimum absolute atomic E-state index is 0.219. The Morgan fingerprint density at radius 1 is 1.04 bits per heavy atom. The molecule has 1 fully saturated rings. The first-order valence-corrected chi connectivity index (χ1v) is 8.80. The van der Waals surface area contributed by atoms with Gasteiger partial charge in [-0.15, -0.1) is 0 Å². The zero-order chi connectivity index (χ0) is 18.4. The molecule has 0 saturated carbocycles. The Kier molecular flexibility index (Phi) is 5.73. The first-order valence-electron chi connectivity index (χ1n) is 8.80. The number of anilines is 2. The van der Waals surface area contributed by atoms with Crippen LogP contribution in [0.2, 0.25) is 0 Å². The summed E-state index contributed by atoms with van der Waals surface area (Å²) < 4.78 is 5.26. The number of amides is 2. The molecule has 3 N–H and O–H groups in total. The summed E-state index contributed by atoms with van der Waals surface area (Å²) in [5.41, 5.74) is 7.38. The van der Waals surface area contributed by atoms with E-state index in [1.54, 1.807) is 24.3 Å². The van der Waals surface area contributed by atoms with E-state index in [4.69, 9.17) is 10.5 Å². The molecule has 2 aromatic carbocycles. The number of hydrogen-bond acceptors (Lipinski definition) is 4. The van der Waals surface area contributed by atoms with Crippen LogP contribution in [0, 0.1) is 0 Å². The van der Waals surface area contributed by atoms with Crippen molar-refractivity contribution in [1.29, 1.82) is 0 Å². The van der Waals surface area contributed by atoms with Gasteiger partial charge in [0.2, 0.25) is 0 Å². The normalized spacial score (nSPS) is 13.9. The molecule has 1 aliphatic rings. The largest absolute Gasteiger partial charge is 0.484 e. The van der Waals surface area contributed by atoms with Gasteiger partial charge in [0, 0.05) is 18.7 Å². The highest BCUT2D eigenvalue weighted by Crippen LogP contribution is 2.28. The molecule has 2 aromatic rings. The van der Waals surface area contributed by atoms with Gasteiger partial charge in [-0.2, -0.15) is 0 Å². The quantitative estimate of drug-likeness (QED) is 0.836. The number of rotatable bonds is 6. The van der Waals surface area contributed by atoms with E-state index in [-0.39, 0.29) is 12.5 Å². The number of piperidine rings is 1. The zero-order valence-corrected chi connectivity index (χ0v) is 14.6. The smallest absolute Gasteiger partial charge is 0.255 e. The molecule has 136 valence electrons. The van der Waals surface area contributed by atoms with Gasteiger partial charge >= 0.3 is 0 Å². The van der Waals surface area contributed by atoms with E-state index < -0.39 is 5.91 Å². The second-order valence-electron chi connectivity index (χ2n) is 6.30. The topological polar surface area (TPSA) is 84.7 Å². The molecule has 6 heteroatoms. The Balaban J connectivity index is 1.74. The monoisotopic (exact) mass is 353 g/mol. The lowest BCUT2D eigenvalue weighted by atomic mass is 10.1. The van der Waals surface area contributed by atoms with Crippen LogP contribution in [0.15, 0.2) is 48.5 Å². The molecule has 0 unspecified atom stereocenters. The van der Waals surface area contributed by atoms with Crippen LogP contribution in [0.4, 0.5) is 11.4 Å². The van der Waals surface area contributed by atoms with Crippen molar-refractivity contribution < 1.29 is 14.3 Å². The summed E-state index contributed by atoms with van der Waals surface area (Å²) in [5.74, 6) is -0.352. The van der Waals surface area contributed by atoms with Crippen LogP contribution < -0.4 is 20.7 Å². The van der Waals surface area contributed by atoms with Crippen LogP contribution in [0.25, 0.3) is 0 Å². The Morgan fingerprint density at radius 3 is 2.58 bits per heavy atom. The zero-order valence-electron chi connectivity index (χ0n) is 14.6. The molecule has 0 atom stereocenters. The molecule has 0 radical (unpaired) electrons. The number of primary amides is 1. The van der Waals surface area contributed by atoms with Crippen molar-refractivity contribution in [3.8, 4) is 5.75 Å². The van der Waals surface area contributed by atoms with Crippen molar-refractivity contribution in [1.82, 2.24) is 0 Å². The number of benzene rings is 2. The molecule has 0 aromatic heterocycles. The molecule has 3 rings (SSSR count). The summed E-state index contributed by atoms with van der Waals surface area (Å²) in [6.45, 7) is 1.79. The Labute approximate surface area is 152 Å². The first-order chi connectivity index (χ1) is 12.6. The second-order valence-corrected chi connectivity index (χ2v) is 6.30. The SMILES string of the molecule is NC(=O)COc1cccc(C(=O)Nc2ccccc2N2CCCCC2)c1. The molecule has 1 aliphatic heterocycles. The van der Waals surface area contributed by atoms with E-state index in [0.29, 0.717) is 11.3 Å². The number of ether oxygens (including phenoxy) is 1. The lowest BCUT2D eigenvalue weighted by Crippen LogP contribution is -2.30. The summed E-state index contributed by atoms with van der Waals surface area (Å²) in [6, 6.07) is 14.5. The van der Waals surface area contributed by atoms with E-state index in [0.717, 1.165) is 24.5 Å². The molecule has 0 aliphatic carbocycles. The molecular weight excluding hydrogens is 330 g/mol. The molecule has 1 heterocycles. The van der Waals surface area contributed by atoms with Crippen molar-refractivity contribution in [3.63, 3.8) is 0 Å². The molecule has 1 saturated heterocycles. The van der Waals surface area contributed by atoms with Gasteiger partial charge in [-0.25, -0.2) is 0 Å². The van der Waals surface area contributed by atoms with E-state index in [2.05, 4.69) is 10.2 Å². The molecule has 2 amide bonds. The summed E-state index contributed by atoms with van der Waals surface area (Å²) in [5, 5.41) is 2.99. The summed E-state index contributed by atoms with van der Waals surface area (Å²) in [6.07, 6.45) is 3.59. The van der Waals surface area contributed by atoms with Crippen molar-refractivity contribution in [2.24, 2.45) is 5.73 Å². The molecule has 26 heavy (non-hydrogen) atoms. The summed E-state index contributed by atoms with van der Waals surface area (Å²) in [7, 11) is 0. The van der Waals surface area contributed by atoms with E-state index in [1.807, 2.05) is 24.3 Å². The minimum atomic E-state index is -0.560. The standard InChI is InChI=1S/C20H23N3O3/c21-19(24)14-26-16-8-6-7-15(13-16)20(25)22-17-9-2-3-10-18(17)23-11-4-1-5-12-23/h2-3,6-10,13H,1,4-5,11-12,14H2,(H2,21,24)(H,22,25). The average Bonchev–Trinajstić information content (AvgIpc) is 2.68. The number of nitrogens with zero attached hydrogens (tertiary/aromatic N) is 1. The van der Waals surface area contributed by atoms with Gasteiger partial charge in [-0.1, -0.05) is 18.2 Å². The Morgan fingerprint density at radius 2 is 1.81 bits per heavy atom. The molecule has 0 bridgehead atoms. The predicted octanol–water partition coefficient (Wildman–Crippen LogP) is 2.79. The molecule has 6 nitrogen and oxygen atoms in total. The predicted molar refractivity (Wildman–Crippen MR) is 102 cm³/mol. The summed E-state index contributed by atoms with van der Waals surface area (Å²) >= 11 is 0. The highest BCUT2D eigenvalue weighted by molar-refractivity contribution is 6.06. The van der Waals surface area contributed by atoms with E-state index in [1.165, 1.54) is 19.3 Å².